The second-order valence-corrected chi connectivity index (χ2v) is 13.0. The van der Waals surface area contributed by atoms with Crippen molar-refractivity contribution in [3.63, 3.8) is 0 Å². The van der Waals surface area contributed by atoms with Crippen LogP contribution in [0.15, 0.2) is 79.3 Å². The molecule has 8 rings (SSSR count). The van der Waals surface area contributed by atoms with Gasteiger partial charge in [0.25, 0.3) is 5.91 Å². The first-order valence-corrected chi connectivity index (χ1v) is 16.7. The van der Waals surface area contributed by atoms with Crippen LogP contribution in [0, 0.1) is 0 Å². The van der Waals surface area contributed by atoms with Crippen LogP contribution in [0.5, 0.6) is 0 Å². The molecular formula is C37H37N9O3. The molecule has 12 heteroatoms. The highest BCUT2D eigenvalue weighted by molar-refractivity contribution is 6.01. The van der Waals surface area contributed by atoms with Gasteiger partial charge >= 0.3 is 0 Å². The van der Waals surface area contributed by atoms with Crippen LogP contribution in [-0.4, -0.2) is 97.2 Å². The van der Waals surface area contributed by atoms with Crippen molar-refractivity contribution >= 4 is 34.0 Å². The quantitative estimate of drug-likeness (QED) is 0.231. The number of aromatic nitrogens is 6. The number of methoxy groups -OCH3 is 1. The topological polar surface area (TPSA) is 142 Å². The molecule has 3 aromatic heterocycles. The predicted octanol–water partition coefficient (Wildman–Crippen LogP) is 4.70. The third-order valence-electron chi connectivity index (χ3n) is 9.80. The lowest BCUT2D eigenvalue weighted by Gasteiger charge is -2.30. The molecular weight excluding hydrogens is 618 g/mol. The number of anilines is 1. The van der Waals surface area contributed by atoms with Crippen molar-refractivity contribution < 1.29 is 14.3 Å². The summed E-state index contributed by atoms with van der Waals surface area (Å²) < 4.78 is 5.87. The summed E-state index contributed by atoms with van der Waals surface area (Å²) in [7, 11) is 1.56. The van der Waals surface area contributed by atoms with Crippen LogP contribution >= 0.6 is 0 Å². The van der Waals surface area contributed by atoms with Crippen molar-refractivity contribution in [3.05, 3.63) is 90.7 Å². The van der Waals surface area contributed by atoms with E-state index in [9.17, 15) is 9.59 Å². The summed E-state index contributed by atoms with van der Waals surface area (Å²) in [5.41, 5.74) is 5.24. The predicted molar refractivity (Wildman–Crippen MR) is 185 cm³/mol. The molecule has 0 unspecified atom stereocenters. The number of rotatable bonds is 9. The fraction of sp³-hybridized carbons (Fsp3) is 0.324. The molecule has 2 N–H and O–H groups in total. The van der Waals surface area contributed by atoms with Crippen LogP contribution in [0.3, 0.4) is 0 Å². The Bertz CT molecular complexity index is 2040. The molecule has 1 aliphatic carbocycles. The first kappa shape index (κ1) is 31.0. The molecule has 1 saturated heterocycles. The van der Waals surface area contributed by atoms with Crippen molar-refractivity contribution in [1.82, 2.24) is 39.9 Å². The number of carbonyl (C=O) groups is 2. The van der Waals surface area contributed by atoms with E-state index in [1.165, 1.54) is 5.57 Å². The third-order valence-corrected chi connectivity index (χ3v) is 9.80. The van der Waals surface area contributed by atoms with Gasteiger partial charge in [-0.2, -0.15) is 5.10 Å². The van der Waals surface area contributed by atoms with Crippen LogP contribution in [0.2, 0.25) is 0 Å². The summed E-state index contributed by atoms with van der Waals surface area (Å²) in [5.74, 6) is 1.80. The number of H-pyrrole nitrogens is 1. The van der Waals surface area contributed by atoms with Crippen LogP contribution in [-0.2, 0) is 14.3 Å². The lowest BCUT2D eigenvalue weighted by molar-refractivity contribution is -0.138. The molecule has 1 saturated carbocycles. The Morgan fingerprint density at radius 3 is 2.57 bits per heavy atom. The van der Waals surface area contributed by atoms with E-state index in [1.807, 2.05) is 46.2 Å². The molecule has 3 aliphatic rings. The molecule has 2 aliphatic heterocycles. The highest BCUT2D eigenvalue weighted by Gasteiger charge is 2.45. The van der Waals surface area contributed by atoms with Gasteiger partial charge < -0.3 is 15.0 Å². The zero-order valence-electron chi connectivity index (χ0n) is 27.3. The molecule has 2 fully saturated rings. The van der Waals surface area contributed by atoms with Gasteiger partial charge in [0.2, 0.25) is 5.91 Å². The van der Waals surface area contributed by atoms with E-state index in [-0.39, 0.29) is 18.4 Å². The molecule has 2 aromatic carbocycles. The average molecular weight is 656 g/mol. The Kier molecular flexibility index (Phi) is 8.18. The lowest BCUT2D eigenvalue weighted by atomic mass is 9.98. The van der Waals surface area contributed by atoms with E-state index < -0.39 is 5.60 Å². The molecule has 5 aromatic rings. The highest BCUT2D eigenvalue weighted by Crippen LogP contribution is 2.39. The number of nitrogens with one attached hydrogen (secondary N) is 2. The SMILES string of the molecule is CO[C@@]1(C(=O)Nc2ccc3[nH]nc(-c4ccnc(C5CC5)n4)c3c2)CCN(CC(=O)N2CC=C(c3ccc(-c4ncccn4)cc3)CC2)C1. The van der Waals surface area contributed by atoms with E-state index in [1.54, 1.807) is 31.8 Å². The van der Waals surface area contributed by atoms with Crippen LogP contribution in [0.4, 0.5) is 5.69 Å². The Labute approximate surface area is 283 Å². The number of benzene rings is 2. The smallest absolute Gasteiger partial charge is 0.258 e. The minimum atomic E-state index is -1.06. The average Bonchev–Trinajstić information content (AvgIpc) is 3.79. The summed E-state index contributed by atoms with van der Waals surface area (Å²) >= 11 is 0. The minimum absolute atomic E-state index is 0.0479. The monoisotopic (exact) mass is 655 g/mol. The van der Waals surface area contributed by atoms with Crippen LogP contribution in [0.1, 0.15) is 43.0 Å². The number of hydrogen-bond donors (Lipinski definition) is 2. The largest absolute Gasteiger partial charge is 0.367 e. The summed E-state index contributed by atoms with van der Waals surface area (Å²) in [6.45, 7) is 2.35. The van der Waals surface area contributed by atoms with Crippen LogP contribution < -0.4 is 5.32 Å². The maximum absolute atomic E-state index is 13.7. The van der Waals surface area contributed by atoms with Crippen LogP contribution in [0.25, 0.3) is 39.3 Å². The number of ether oxygens (including phenoxy) is 1. The third kappa shape index (κ3) is 6.32. The Morgan fingerprint density at radius 1 is 1.00 bits per heavy atom. The highest BCUT2D eigenvalue weighted by atomic mass is 16.5. The summed E-state index contributed by atoms with van der Waals surface area (Å²) in [4.78, 5) is 48.8. The molecule has 49 heavy (non-hydrogen) atoms. The molecule has 1 atom stereocenters. The van der Waals surface area contributed by atoms with Crippen molar-refractivity contribution in [2.75, 3.05) is 45.2 Å². The summed E-state index contributed by atoms with van der Waals surface area (Å²) in [6, 6.07) is 17.6. The minimum Gasteiger partial charge on any atom is -0.367 e. The van der Waals surface area contributed by atoms with Gasteiger partial charge in [-0.1, -0.05) is 30.3 Å². The van der Waals surface area contributed by atoms with Crippen molar-refractivity contribution in [3.8, 4) is 22.8 Å². The molecule has 5 heterocycles. The van der Waals surface area contributed by atoms with Crippen molar-refractivity contribution in [2.45, 2.75) is 37.2 Å². The standard InChI is InChI=1S/C37H37N9O3/c1-49-37(36(48)41-28-9-10-30-29(21-28)33(44-43-30)31-11-17-40-35(42-31)27-7-8-27)14-20-45(23-37)22-32(47)46-18-12-25(13-19-46)24-3-5-26(6-4-24)34-38-15-2-16-39-34/h2-6,9-12,15-17,21,27H,7-8,13-14,18-20,22-23H2,1H3,(H,41,48)(H,43,44)/t37-/m0/s1. The maximum atomic E-state index is 13.7. The molecule has 248 valence electrons. The van der Waals surface area contributed by atoms with Gasteiger partial charge in [0, 0.05) is 74.4 Å². The first-order chi connectivity index (χ1) is 24.0. The molecule has 12 nitrogen and oxygen atoms in total. The van der Waals surface area contributed by atoms with E-state index in [2.05, 4.69) is 48.7 Å². The Hall–Kier alpha value is -5.33. The van der Waals surface area contributed by atoms with Gasteiger partial charge in [-0.3, -0.25) is 19.6 Å². The van der Waals surface area contributed by atoms with Gasteiger partial charge in [0.05, 0.1) is 17.8 Å². The number of carbonyl (C=O) groups excluding carboxylic acids is 2. The summed E-state index contributed by atoms with van der Waals surface area (Å²) in [5, 5.41) is 11.5. The number of fused-ring (bicyclic) bond motifs is 1. The van der Waals surface area contributed by atoms with E-state index in [0.717, 1.165) is 58.5 Å². The zero-order chi connectivity index (χ0) is 33.4. The van der Waals surface area contributed by atoms with Crippen molar-refractivity contribution in [1.29, 1.82) is 0 Å². The van der Waals surface area contributed by atoms with Gasteiger partial charge in [-0.15, -0.1) is 0 Å². The van der Waals surface area contributed by atoms with Gasteiger partial charge in [-0.05, 0) is 67.2 Å². The van der Waals surface area contributed by atoms with Crippen molar-refractivity contribution in [2.24, 2.45) is 0 Å². The number of hydrogen-bond acceptors (Lipinski definition) is 9. The molecule has 2 amide bonds. The first-order valence-electron chi connectivity index (χ1n) is 16.7. The normalized spacial score (nSPS) is 19.6. The lowest BCUT2D eigenvalue weighted by Crippen LogP contribution is -2.48. The Balaban J connectivity index is 0.886. The molecule has 0 spiro atoms. The van der Waals surface area contributed by atoms with E-state index in [4.69, 9.17) is 9.72 Å². The second kappa shape index (κ2) is 12.9. The molecule has 0 radical (unpaired) electrons. The van der Waals surface area contributed by atoms with E-state index in [0.29, 0.717) is 50.0 Å². The van der Waals surface area contributed by atoms with Gasteiger partial charge in [-0.25, -0.2) is 19.9 Å². The maximum Gasteiger partial charge on any atom is 0.258 e. The molecule has 0 bridgehead atoms. The van der Waals surface area contributed by atoms with Gasteiger partial charge in [0.15, 0.2) is 11.4 Å². The Morgan fingerprint density at radius 2 is 1.82 bits per heavy atom. The van der Waals surface area contributed by atoms with Gasteiger partial charge in [0.1, 0.15) is 11.5 Å². The zero-order valence-corrected chi connectivity index (χ0v) is 27.3. The number of likely N-dealkylation sites (tertiary alicyclic amines) is 1. The van der Waals surface area contributed by atoms with E-state index >= 15 is 0 Å². The fourth-order valence-electron chi connectivity index (χ4n) is 6.74. The number of amides is 2. The number of nitrogens with zero attached hydrogens (tertiary/aromatic N) is 7. The fourth-order valence-corrected chi connectivity index (χ4v) is 6.74. The summed E-state index contributed by atoms with van der Waals surface area (Å²) in [6.07, 6.45) is 10.9. The number of aromatic amines is 1. The second-order valence-electron chi connectivity index (χ2n) is 13.0.